The van der Waals surface area contributed by atoms with Crippen molar-refractivity contribution in [1.29, 1.82) is 5.26 Å². The van der Waals surface area contributed by atoms with E-state index in [0.717, 1.165) is 23.0 Å². The number of hydrogen-bond donors (Lipinski definition) is 1. The Kier molecular flexibility index (Phi) is 5.01. The van der Waals surface area contributed by atoms with Gasteiger partial charge in [-0.2, -0.15) is 28.2 Å². The van der Waals surface area contributed by atoms with E-state index in [4.69, 9.17) is 11.6 Å². The maximum Gasteiger partial charge on any atom is 0.417 e. The molecule has 7 nitrogen and oxygen atoms in total. The summed E-state index contributed by atoms with van der Waals surface area (Å²) in [4.78, 5) is 3.53. The third-order valence-electron chi connectivity index (χ3n) is 3.54. The molecule has 0 amide bonds. The monoisotopic (exact) mass is 427 g/mol. The Morgan fingerprint density at radius 2 is 1.79 bits per heavy atom. The molecule has 0 unspecified atom stereocenters. The van der Waals surface area contributed by atoms with Crippen molar-refractivity contribution >= 4 is 27.4 Å². The van der Waals surface area contributed by atoms with Gasteiger partial charge in [-0.3, -0.25) is 4.72 Å². The number of nitrogens with zero attached hydrogens (tertiary/aromatic N) is 4. The molecule has 28 heavy (non-hydrogen) atoms. The molecular weight excluding hydrogens is 419 g/mol. The highest BCUT2D eigenvalue weighted by Gasteiger charge is 2.31. The average molecular weight is 428 g/mol. The maximum absolute atomic E-state index is 12.7. The number of nitrogens with one attached hydrogen (secondary N) is 1. The zero-order valence-electron chi connectivity index (χ0n) is 13.6. The summed E-state index contributed by atoms with van der Waals surface area (Å²) in [7, 11) is -4.12. The van der Waals surface area contributed by atoms with E-state index in [-0.39, 0.29) is 22.1 Å². The van der Waals surface area contributed by atoms with Crippen molar-refractivity contribution < 1.29 is 21.6 Å². The number of benzene rings is 1. The predicted octanol–water partition coefficient (Wildman–Crippen LogP) is 3.61. The number of halogens is 4. The van der Waals surface area contributed by atoms with Crippen LogP contribution < -0.4 is 4.72 Å². The lowest BCUT2D eigenvalue weighted by Crippen LogP contribution is -2.17. The lowest BCUT2D eigenvalue weighted by molar-refractivity contribution is -0.137. The number of aromatic nitrogens is 3. The van der Waals surface area contributed by atoms with Crippen LogP contribution in [-0.2, 0) is 16.2 Å². The Hall–Kier alpha value is -3.10. The molecule has 0 bridgehead atoms. The summed E-state index contributed by atoms with van der Waals surface area (Å²) in [6, 6.07) is 8.81. The molecule has 0 fully saturated rings. The summed E-state index contributed by atoms with van der Waals surface area (Å²) >= 11 is 5.74. The van der Waals surface area contributed by atoms with Gasteiger partial charge in [-0.05, 0) is 36.4 Å². The first-order valence-corrected chi connectivity index (χ1v) is 9.28. The third-order valence-corrected chi connectivity index (χ3v) is 5.14. The Morgan fingerprint density at radius 1 is 1.11 bits per heavy atom. The van der Waals surface area contributed by atoms with Crippen LogP contribution >= 0.6 is 11.6 Å². The van der Waals surface area contributed by atoms with Crippen molar-refractivity contribution in [1.82, 2.24) is 14.8 Å². The highest BCUT2D eigenvalue weighted by molar-refractivity contribution is 7.92. The fourth-order valence-corrected chi connectivity index (χ4v) is 3.37. The lowest BCUT2D eigenvalue weighted by Gasteiger charge is -2.12. The van der Waals surface area contributed by atoms with Gasteiger partial charge < -0.3 is 0 Å². The van der Waals surface area contributed by atoms with Crippen LogP contribution in [0.25, 0.3) is 5.82 Å². The van der Waals surface area contributed by atoms with Gasteiger partial charge in [0.05, 0.1) is 16.7 Å². The van der Waals surface area contributed by atoms with E-state index >= 15 is 0 Å². The zero-order valence-corrected chi connectivity index (χ0v) is 15.2. The second-order valence-corrected chi connectivity index (χ2v) is 7.51. The predicted molar refractivity (Wildman–Crippen MR) is 93.3 cm³/mol. The molecule has 0 saturated heterocycles. The van der Waals surface area contributed by atoms with E-state index in [1.165, 1.54) is 24.3 Å². The van der Waals surface area contributed by atoms with E-state index in [2.05, 4.69) is 14.8 Å². The summed E-state index contributed by atoms with van der Waals surface area (Å²) in [6.07, 6.45) is -2.92. The van der Waals surface area contributed by atoms with Crippen LogP contribution in [0.4, 0.5) is 19.0 Å². The van der Waals surface area contributed by atoms with E-state index in [1.54, 1.807) is 6.07 Å². The summed E-state index contributed by atoms with van der Waals surface area (Å²) in [5.41, 5.74) is -1.12. The van der Waals surface area contributed by atoms with Gasteiger partial charge in [0.2, 0.25) is 0 Å². The van der Waals surface area contributed by atoms with Crippen LogP contribution in [0.3, 0.4) is 0 Å². The van der Waals surface area contributed by atoms with Gasteiger partial charge in [-0.15, -0.1) is 0 Å². The Bertz CT molecular complexity index is 1150. The van der Waals surface area contributed by atoms with Crippen molar-refractivity contribution in [3.63, 3.8) is 0 Å². The quantitative estimate of drug-likeness (QED) is 0.685. The van der Waals surface area contributed by atoms with Gasteiger partial charge in [-0.25, -0.2) is 13.4 Å². The Morgan fingerprint density at radius 3 is 2.32 bits per heavy atom. The summed E-state index contributed by atoms with van der Waals surface area (Å²) in [5, 5.41) is 13.4. The second-order valence-electron chi connectivity index (χ2n) is 5.39. The fourth-order valence-electron chi connectivity index (χ4n) is 2.18. The van der Waals surface area contributed by atoms with Crippen molar-refractivity contribution in [3.8, 4) is 11.9 Å². The second kappa shape index (κ2) is 7.14. The Balaban J connectivity index is 2.02. The van der Waals surface area contributed by atoms with Crippen molar-refractivity contribution in [2.24, 2.45) is 0 Å². The molecule has 0 saturated carbocycles. The number of sulfonamides is 1. The van der Waals surface area contributed by atoms with Crippen molar-refractivity contribution in [3.05, 3.63) is 64.9 Å². The van der Waals surface area contributed by atoms with Gasteiger partial charge in [0.1, 0.15) is 11.6 Å². The van der Waals surface area contributed by atoms with Crippen molar-refractivity contribution in [2.45, 2.75) is 11.1 Å². The van der Waals surface area contributed by atoms with E-state index in [0.29, 0.717) is 11.2 Å². The van der Waals surface area contributed by atoms with Gasteiger partial charge >= 0.3 is 6.18 Å². The molecule has 1 N–H and O–H groups in total. The van der Waals surface area contributed by atoms with Crippen LogP contribution in [0, 0.1) is 11.3 Å². The maximum atomic E-state index is 12.7. The first-order valence-electron chi connectivity index (χ1n) is 7.42. The molecule has 0 spiro atoms. The van der Waals surface area contributed by atoms with Gasteiger partial charge in [0.15, 0.2) is 11.6 Å². The molecule has 2 aromatic heterocycles. The molecule has 3 rings (SSSR count). The highest BCUT2D eigenvalue weighted by atomic mass is 35.5. The molecule has 0 aliphatic heterocycles. The number of alkyl halides is 3. The highest BCUT2D eigenvalue weighted by Crippen LogP contribution is 2.29. The molecule has 3 aromatic rings. The molecule has 0 radical (unpaired) electrons. The number of pyridine rings is 1. The van der Waals surface area contributed by atoms with Crippen LogP contribution in [0.2, 0.25) is 5.02 Å². The minimum absolute atomic E-state index is 0.108. The van der Waals surface area contributed by atoms with Crippen LogP contribution in [0.15, 0.2) is 53.7 Å². The fraction of sp³-hybridized carbons (Fsp3) is 0.0625. The molecule has 2 heterocycles. The third kappa shape index (κ3) is 3.92. The number of anilines is 1. The topological polar surface area (TPSA) is 101 Å². The number of hydrogen-bond acceptors (Lipinski definition) is 5. The smallest absolute Gasteiger partial charge is 0.262 e. The zero-order chi connectivity index (χ0) is 20.5. The van der Waals surface area contributed by atoms with Gasteiger partial charge in [-0.1, -0.05) is 11.6 Å². The molecule has 144 valence electrons. The van der Waals surface area contributed by atoms with Crippen molar-refractivity contribution in [2.75, 3.05) is 4.72 Å². The molecule has 12 heteroatoms. The molecule has 0 aliphatic rings. The first kappa shape index (κ1) is 19.7. The molecule has 0 aliphatic carbocycles. The van der Waals surface area contributed by atoms with Gasteiger partial charge in [0.25, 0.3) is 10.0 Å². The number of nitriles is 1. The van der Waals surface area contributed by atoms with Gasteiger partial charge in [0, 0.05) is 11.2 Å². The molecular formula is C16H9ClF3N5O2S. The minimum Gasteiger partial charge on any atom is -0.262 e. The summed E-state index contributed by atoms with van der Waals surface area (Å²) in [5.74, 6) is -0.368. The van der Waals surface area contributed by atoms with Crippen LogP contribution in [0.1, 0.15) is 11.1 Å². The van der Waals surface area contributed by atoms with E-state index < -0.39 is 21.8 Å². The summed E-state index contributed by atoms with van der Waals surface area (Å²) in [6.45, 7) is 0. The normalized spacial score (nSPS) is 11.8. The molecule has 0 atom stereocenters. The first-order chi connectivity index (χ1) is 13.1. The minimum atomic E-state index is -4.58. The summed E-state index contributed by atoms with van der Waals surface area (Å²) < 4.78 is 66.4. The Labute approximate surface area is 162 Å². The number of rotatable bonds is 4. The van der Waals surface area contributed by atoms with Crippen LogP contribution in [-0.4, -0.2) is 23.2 Å². The average Bonchev–Trinajstić information content (AvgIpc) is 3.03. The van der Waals surface area contributed by atoms with Crippen LogP contribution in [0.5, 0.6) is 0 Å². The molecule has 1 aromatic carbocycles. The lowest BCUT2D eigenvalue weighted by atomic mass is 10.3. The van der Waals surface area contributed by atoms with E-state index in [9.17, 15) is 26.9 Å². The SMILES string of the molecule is N#Cc1cnn(-c2ccc(C(F)(F)F)cn2)c1NS(=O)(=O)c1ccc(Cl)cc1. The standard InChI is InChI=1S/C16H9ClF3N5O2S/c17-12-2-4-13(5-3-12)28(26,27)24-15-10(7-21)8-23-25(15)14-6-1-11(9-22-14)16(18,19)20/h1-6,8-9,24H. The van der Waals surface area contributed by atoms with E-state index in [1.807, 2.05) is 0 Å². The largest absolute Gasteiger partial charge is 0.417 e.